The third-order valence-electron chi connectivity index (χ3n) is 2.24. The second-order valence-corrected chi connectivity index (χ2v) is 4.60. The molecule has 0 amide bonds. The lowest BCUT2D eigenvalue weighted by molar-refractivity contribution is 0.0522. The van der Waals surface area contributed by atoms with Crippen LogP contribution in [0.2, 0.25) is 0 Å². The van der Waals surface area contributed by atoms with Gasteiger partial charge in [0, 0.05) is 12.6 Å². The van der Waals surface area contributed by atoms with Crippen molar-refractivity contribution in [3.8, 4) is 0 Å². The predicted octanol–water partition coefficient (Wildman–Crippen LogP) is 2.29. The van der Waals surface area contributed by atoms with Crippen LogP contribution in [0.3, 0.4) is 0 Å². The number of nitrogen functional groups attached to an aromatic ring is 1. The summed E-state index contributed by atoms with van der Waals surface area (Å²) in [6.07, 6.45) is 0. The summed E-state index contributed by atoms with van der Waals surface area (Å²) in [4.78, 5) is 12.4. The number of ether oxygens (including phenoxy) is 1. The van der Waals surface area contributed by atoms with E-state index in [1.165, 1.54) is 0 Å². The lowest BCUT2D eigenvalue weighted by Crippen LogP contribution is -2.07. The number of nitrogens with zero attached hydrogens (tertiary/aromatic N) is 2. The van der Waals surface area contributed by atoms with E-state index in [-0.39, 0.29) is 0 Å². The summed E-state index contributed by atoms with van der Waals surface area (Å²) in [7, 11) is 0. The fourth-order valence-electron chi connectivity index (χ4n) is 1.45. The molecule has 19 heavy (non-hydrogen) atoms. The quantitative estimate of drug-likeness (QED) is 0.678. The largest absolute Gasteiger partial charge is 0.462 e. The molecule has 100 valence electrons. The minimum atomic E-state index is -0.423. The monoisotopic (exact) mass is 279 g/mol. The number of hydrogen-bond donors (Lipinski definition) is 1. The molecule has 1 aromatic carbocycles. The molecular formula is C12H13N3O3S. The smallest absolute Gasteiger partial charge is 0.339 e. The standard InChI is InChI=1S/C12H13N3O3S/c1-3-17-11(16)8-5-4-6-9(13)10(8)19-12-15-14-7(2)18-12/h4-6H,3,13H2,1-2H3. The predicted molar refractivity (Wildman–Crippen MR) is 70.0 cm³/mol. The number of esters is 1. The number of rotatable bonds is 4. The second kappa shape index (κ2) is 5.75. The van der Waals surface area contributed by atoms with E-state index in [1.807, 2.05) is 0 Å². The first-order chi connectivity index (χ1) is 9.11. The normalized spacial score (nSPS) is 10.4. The van der Waals surface area contributed by atoms with Crippen molar-refractivity contribution in [2.45, 2.75) is 24.0 Å². The van der Waals surface area contributed by atoms with Crippen molar-refractivity contribution in [3.05, 3.63) is 29.7 Å². The molecule has 0 radical (unpaired) electrons. The van der Waals surface area contributed by atoms with Gasteiger partial charge in [-0.25, -0.2) is 4.79 Å². The number of hydrogen-bond acceptors (Lipinski definition) is 7. The summed E-state index contributed by atoms with van der Waals surface area (Å²) in [5.74, 6) is 0.0308. The van der Waals surface area contributed by atoms with Crippen molar-refractivity contribution in [2.75, 3.05) is 12.3 Å². The molecule has 0 saturated carbocycles. The van der Waals surface area contributed by atoms with E-state index < -0.39 is 5.97 Å². The van der Waals surface area contributed by atoms with E-state index in [1.54, 1.807) is 32.0 Å². The molecule has 0 fully saturated rings. The molecule has 7 heteroatoms. The van der Waals surface area contributed by atoms with Crippen molar-refractivity contribution in [1.29, 1.82) is 0 Å². The van der Waals surface area contributed by atoms with Gasteiger partial charge in [0.25, 0.3) is 5.22 Å². The van der Waals surface area contributed by atoms with Crippen LogP contribution in [0.15, 0.2) is 32.7 Å². The van der Waals surface area contributed by atoms with Gasteiger partial charge in [-0.15, -0.1) is 10.2 Å². The first-order valence-corrected chi connectivity index (χ1v) is 6.47. The van der Waals surface area contributed by atoms with Gasteiger partial charge < -0.3 is 14.9 Å². The van der Waals surface area contributed by atoms with Crippen molar-refractivity contribution in [1.82, 2.24) is 10.2 Å². The van der Waals surface area contributed by atoms with E-state index in [0.29, 0.717) is 33.9 Å². The van der Waals surface area contributed by atoms with Gasteiger partial charge in [-0.1, -0.05) is 6.07 Å². The highest BCUT2D eigenvalue weighted by molar-refractivity contribution is 7.99. The summed E-state index contributed by atoms with van der Waals surface area (Å²) in [5.41, 5.74) is 6.75. The second-order valence-electron chi connectivity index (χ2n) is 3.63. The fourth-order valence-corrected chi connectivity index (χ4v) is 2.31. The SMILES string of the molecule is CCOC(=O)c1cccc(N)c1Sc1nnc(C)o1. The Morgan fingerprint density at radius 2 is 2.26 bits per heavy atom. The van der Waals surface area contributed by atoms with Crippen molar-refractivity contribution >= 4 is 23.4 Å². The van der Waals surface area contributed by atoms with Crippen molar-refractivity contribution in [3.63, 3.8) is 0 Å². The highest BCUT2D eigenvalue weighted by atomic mass is 32.2. The van der Waals surface area contributed by atoms with Gasteiger partial charge in [-0.2, -0.15) is 0 Å². The van der Waals surface area contributed by atoms with Crippen molar-refractivity contribution in [2.24, 2.45) is 0 Å². The molecule has 6 nitrogen and oxygen atoms in total. The van der Waals surface area contributed by atoms with Gasteiger partial charge in [-0.05, 0) is 30.8 Å². The Morgan fingerprint density at radius 3 is 2.89 bits per heavy atom. The number of nitrogens with two attached hydrogens (primary N) is 1. The zero-order valence-corrected chi connectivity index (χ0v) is 11.4. The molecule has 1 heterocycles. The van der Waals surface area contributed by atoms with Crippen LogP contribution in [0.25, 0.3) is 0 Å². The lowest BCUT2D eigenvalue weighted by Gasteiger charge is -2.08. The molecular weight excluding hydrogens is 266 g/mol. The number of carbonyl (C=O) groups excluding carboxylic acids is 1. The molecule has 0 aliphatic rings. The molecule has 0 atom stereocenters. The maximum absolute atomic E-state index is 11.9. The molecule has 0 saturated heterocycles. The summed E-state index contributed by atoms with van der Waals surface area (Å²) < 4.78 is 10.3. The Kier molecular flexibility index (Phi) is 4.06. The number of anilines is 1. The highest BCUT2D eigenvalue weighted by Gasteiger charge is 2.18. The Bertz CT molecular complexity index is 598. The molecule has 2 rings (SSSR count). The Labute approximate surface area is 114 Å². The van der Waals surface area contributed by atoms with Crippen LogP contribution in [0, 0.1) is 6.92 Å². The molecule has 0 aliphatic carbocycles. The van der Waals surface area contributed by atoms with Gasteiger partial charge in [-0.3, -0.25) is 0 Å². The lowest BCUT2D eigenvalue weighted by atomic mass is 10.2. The summed E-state index contributed by atoms with van der Waals surface area (Å²) in [6.45, 7) is 3.74. The minimum absolute atomic E-state index is 0.303. The number of aryl methyl sites for hydroxylation is 1. The first-order valence-electron chi connectivity index (χ1n) is 5.65. The van der Waals surface area contributed by atoms with Crippen LogP contribution in [0.4, 0.5) is 5.69 Å². The molecule has 0 unspecified atom stereocenters. The molecule has 1 aromatic heterocycles. The van der Waals surface area contributed by atoms with E-state index in [0.717, 1.165) is 11.8 Å². The topological polar surface area (TPSA) is 91.2 Å². The van der Waals surface area contributed by atoms with Gasteiger partial charge in [0.05, 0.1) is 17.1 Å². The first kappa shape index (κ1) is 13.4. The van der Waals surface area contributed by atoms with Crippen LogP contribution in [0.1, 0.15) is 23.2 Å². The number of aromatic nitrogens is 2. The molecule has 2 N–H and O–H groups in total. The Morgan fingerprint density at radius 1 is 1.47 bits per heavy atom. The van der Waals surface area contributed by atoms with E-state index in [4.69, 9.17) is 14.9 Å². The van der Waals surface area contributed by atoms with E-state index in [2.05, 4.69) is 10.2 Å². The molecule has 0 spiro atoms. The summed E-state index contributed by atoms with van der Waals surface area (Å²) in [5, 5.41) is 7.93. The van der Waals surface area contributed by atoms with Gasteiger partial charge in [0.15, 0.2) is 0 Å². The Balaban J connectivity index is 2.35. The van der Waals surface area contributed by atoms with Crippen LogP contribution in [-0.4, -0.2) is 22.8 Å². The molecule has 2 aromatic rings. The third kappa shape index (κ3) is 3.05. The van der Waals surface area contributed by atoms with Gasteiger partial charge >= 0.3 is 5.97 Å². The Hall–Kier alpha value is -2.02. The third-order valence-corrected chi connectivity index (χ3v) is 3.24. The number of benzene rings is 1. The van der Waals surface area contributed by atoms with Crippen molar-refractivity contribution < 1.29 is 13.9 Å². The summed E-state index contributed by atoms with van der Waals surface area (Å²) >= 11 is 1.15. The van der Waals surface area contributed by atoms with E-state index >= 15 is 0 Å². The maximum Gasteiger partial charge on any atom is 0.339 e. The minimum Gasteiger partial charge on any atom is -0.462 e. The average molecular weight is 279 g/mol. The highest BCUT2D eigenvalue weighted by Crippen LogP contribution is 2.34. The maximum atomic E-state index is 11.9. The summed E-state index contributed by atoms with van der Waals surface area (Å²) in [6, 6.07) is 5.05. The van der Waals surface area contributed by atoms with Gasteiger partial charge in [0.2, 0.25) is 5.89 Å². The zero-order valence-electron chi connectivity index (χ0n) is 10.5. The van der Waals surface area contributed by atoms with Crippen LogP contribution in [-0.2, 0) is 4.74 Å². The van der Waals surface area contributed by atoms with Gasteiger partial charge in [0.1, 0.15) is 0 Å². The van der Waals surface area contributed by atoms with Crippen LogP contribution >= 0.6 is 11.8 Å². The number of carbonyl (C=O) groups is 1. The van der Waals surface area contributed by atoms with E-state index in [9.17, 15) is 4.79 Å². The van der Waals surface area contributed by atoms with Crippen LogP contribution in [0.5, 0.6) is 0 Å². The molecule has 0 bridgehead atoms. The zero-order chi connectivity index (χ0) is 13.8. The molecule has 0 aliphatic heterocycles. The van der Waals surface area contributed by atoms with Crippen LogP contribution < -0.4 is 5.73 Å². The fraction of sp³-hybridized carbons (Fsp3) is 0.250. The average Bonchev–Trinajstić information content (AvgIpc) is 2.78.